The molecular formula is C13H16BrNO3. The summed E-state index contributed by atoms with van der Waals surface area (Å²) in [6, 6.07) is 7.32. The first-order chi connectivity index (χ1) is 8.70. The van der Waals surface area contributed by atoms with E-state index < -0.39 is 0 Å². The highest BCUT2D eigenvalue weighted by atomic mass is 79.9. The first kappa shape index (κ1) is 13.4. The number of amides is 1. The van der Waals surface area contributed by atoms with Crippen molar-refractivity contribution in [3.05, 3.63) is 28.7 Å². The van der Waals surface area contributed by atoms with E-state index in [-0.39, 0.29) is 25.2 Å². The van der Waals surface area contributed by atoms with Crippen molar-refractivity contribution in [3.63, 3.8) is 0 Å². The molecule has 1 aromatic carbocycles. The number of likely N-dealkylation sites (tertiary alicyclic amines) is 1. The second kappa shape index (κ2) is 6.20. The lowest BCUT2D eigenvalue weighted by Crippen LogP contribution is -2.40. The van der Waals surface area contributed by atoms with E-state index in [1.807, 2.05) is 24.3 Å². The van der Waals surface area contributed by atoms with Crippen LogP contribution in [0, 0.1) is 0 Å². The minimum atomic E-state index is -0.0607. The molecule has 1 saturated heterocycles. The van der Waals surface area contributed by atoms with Crippen LogP contribution >= 0.6 is 15.9 Å². The molecule has 0 radical (unpaired) electrons. The zero-order chi connectivity index (χ0) is 13.0. The van der Waals surface area contributed by atoms with Crippen molar-refractivity contribution in [2.24, 2.45) is 0 Å². The van der Waals surface area contributed by atoms with Crippen LogP contribution in [0.4, 0.5) is 0 Å². The summed E-state index contributed by atoms with van der Waals surface area (Å²) in [5, 5.41) is 9.16. The standard InChI is InChI=1S/C13H16BrNO3/c14-10-3-5-12(6-4-10)18-9-13(17)15-7-1-2-11(15)8-16/h3-6,11,16H,1-2,7-9H2. The minimum absolute atomic E-state index is 0.0259. The second-order valence-corrected chi connectivity index (χ2v) is 5.22. The monoisotopic (exact) mass is 313 g/mol. The highest BCUT2D eigenvalue weighted by Crippen LogP contribution is 2.18. The Morgan fingerprint density at radius 2 is 2.17 bits per heavy atom. The van der Waals surface area contributed by atoms with Crippen molar-refractivity contribution >= 4 is 21.8 Å². The van der Waals surface area contributed by atoms with Crippen molar-refractivity contribution in [1.29, 1.82) is 0 Å². The molecule has 1 amide bonds. The van der Waals surface area contributed by atoms with Gasteiger partial charge in [0, 0.05) is 11.0 Å². The summed E-state index contributed by atoms with van der Waals surface area (Å²) in [4.78, 5) is 13.6. The van der Waals surface area contributed by atoms with Gasteiger partial charge in [-0.05, 0) is 37.1 Å². The van der Waals surface area contributed by atoms with Crippen LogP contribution in [0.3, 0.4) is 0 Å². The maximum absolute atomic E-state index is 11.9. The van der Waals surface area contributed by atoms with Crippen LogP contribution in [-0.2, 0) is 4.79 Å². The summed E-state index contributed by atoms with van der Waals surface area (Å²) in [5.41, 5.74) is 0. The minimum Gasteiger partial charge on any atom is -0.484 e. The molecule has 1 heterocycles. The molecule has 1 N–H and O–H groups in total. The number of aliphatic hydroxyl groups is 1. The normalized spacial score (nSPS) is 19.0. The van der Waals surface area contributed by atoms with E-state index in [9.17, 15) is 4.79 Å². The molecule has 0 aromatic heterocycles. The molecule has 1 fully saturated rings. The molecular weight excluding hydrogens is 298 g/mol. The fraction of sp³-hybridized carbons (Fsp3) is 0.462. The first-order valence-corrected chi connectivity index (χ1v) is 6.78. The summed E-state index contributed by atoms with van der Waals surface area (Å²) < 4.78 is 6.41. The van der Waals surface area contributed by atoms with Crippen molar-refractivity contribution in [2.75, 3.05) is 19.8 Å². The fourth-order valence-electron chi connectivity index (χ4n) is 2.11. The SMILES string of the molecule is O=C(COc1ccc(Br)cc1)N1CCCC1CO. The molecule has 0 spiro atoms. The third-order valence-corrected chi connectivity index (χ3v) is 3.61. The third kappa shape index (κ3) is 3.23. The second-order valence-electron chi connectivity index (χ2n) is 4.31. The summed E-state index contributed by atoms with van der Waals surface area (Å²) >= 11 is 3.34. The van der Waals surface area contributed by atoms with Gasteiger partial charge in [0.1, 0.15) is 5.75 Å². The molecule has 98 valence electrons. The lowest BCUT2D eigenvalue weighted by molar-refractivity contribution is -0.134. The smallest absolute Gasteiger partial charge is 0.260 e. The maximum atomic E-state index is 11.9. The number of carbonyl (C=O) groups excluding carboxylic acids is 1. The van der Waals surface area contributed by atoms with Gasteiger partial charge in [0.15, 0.2) is 6.61 Å². The van der Waals surface area contributed by atoms with Crippen LogP contribution in [0.2, 0.25) is 0 Å². The van der Waals surface area contributed by atoms with E-state index in [1.54, 1.807) is 4.90 Å². The predicted molar refractivity (Wildman–Crippen MR) is 71.5 cm³/mol. The summed E-state index contributed by atoms with van der Waals surface area (Å²) in [5.74, 6) is 0.612. The molecule has 4 nitrogen and oxygen atoms in total. The zero-order valence-electron chi connectivity index (χ0n) is 10.0. The number of halogens is 1. The molecule has 0 bridgehead atoms. The van der Waals surface area contributed by atoms with Gasteiger partial charge in [-0.2, -0.15) is 0 Å². The largest absolute Gasteiger partial charge is 0.484 e. The summed E-state index contributed by atoms with van der Waals surface area (Å²) in [7, 11) is 0. The lowest BCUT2D eigenvalue weighted by Gasteiger charge is -2.22. The van der Waals surface area contributed by atoms with Crippen LogP contribution in [0.5, 0.6) is 5.75 Å². The Balaban J connectivity index is 1.86. The van der Waals surface area contributed by atoms with Crippen LogP contribution in [0.25, 0.3) is 0 Å². The van der Waals surface area contributed by atoms with Gasteiger partial charge in [0.2, 0.25) is 0 Å². The molecule has 1 atom stereocenters. The topological polar surface area (TPSA) is 49.8 Å². The molecule has 5 heteroatoms. The summed E-state index contributed by atoms with van der Waals surface area (Å²) in [6.45, 7) is 0.774. The van der Waals surface area contributed by atoms with Crippen LogP contribution < -0.4 is 4.74 Å². The number of rotatable bonds is 4. The Hall–Kier alpha value is -1.07. The Labute approximate surface area is 115 Å². The number of aliphatic hydroxyl groups excluding tert-OH is 1. The van der Waals surface area contributed by atoms with Gasteiger partial charge in [0.05, 0.1) is 12.6 Å². The Morgan fingerprint density at radius 1 is 1.44 bits per heavy atom. The number of benzene rings is 1. The number of hydrogen-bond acceptors (Lipinski definition) is 3. The van der Waals surface area contributed by atoms with Crippen LogP contribution in [0.1, 0.15) is 12.8 Å². The van der Waals surface area contributed by atoms with Crippen molar-refractivity contribution in [3.8, 4) is 5.75 Å². The third-order valence-electron chi connectivity index (χ3n) is 3.08. The van der Waals surface area contributed by atoms with E-state index in [0.717, 1.165) is 17.3 Å². The molecule has 1 aromatic rings. The first-order valence-electron chi connectivity index (χ1n) is 5.99. The number of hydrogen-bond donors (Lipinski definition) is 1. The maximum Gasteiger partial charge on any atom is 0.260 e. The molecule has 2 rings (SSSR count). The molecule has 0 aliphatic carbocycles. The average Bonchev–Trinajstić information content (AvgIpc) is 2.86. The predicted octanol–water partition coefficient (Wildman–Crippen LogP) is 1.81. The molecule has 1 aliphatic rings. The molecule has 0 saturated carbocycles. The number of carbonyl (C=O) groups is 1. The Morgan fingerprint density at radius 3 is 2.83 bits per heavy atom. The molecule has 18 heavy (non-hydrogen) atoms. The van der Waals surface area contributed by atoms with Crippen molar-refractivity contribution in [2.45, 2.75) is 18.9 Å². The van der Waals surface area contributed by atoms with E-state index in [0.29, 0.717) is 12.3 Å². The fourth-order valence-corrected chi connectivity index (χ4v) is 2.38. The average molecular weight is 314 g/mol. The van der Waals surface area contributed by atoms with Gasteiger partial charge in [-0.3, -0.25) is 4.79 Å². The van der Waals surface area contributed by atoms with E-state index in [4.69, 9.17) is 9.84 Å². The van der Waals surface area contributed by atoms with E-state index in [2.05, 4.69) is 15.9 Å². The number of nitrogens with zero attached hydrogens (tertiary/aromatic N) is 1. The van der Waals surface area contributed by atoms with Gasteiger partial charge in [-0.25, -0.2) is 0 Å². The zero-order valence-corrected chi connectivity index (χ0v) is 11.6. The lowest BCUT2D eigenvalue weighted by atomic mass is 10.2. The highest BCUT2D eigenvalue weighted by molar-refractivity contribution is 9.10. The molecule has 1 aliphatic heterocycles. The van der Waals surface area contributed by atoms with Gasteiger partial charge in [-0.15, -0.1) is 0 Å². The molecule has 1 unspecified atom stereocenters. The van der Waals surface area contributed by atoms with Crippen LogP contribution in [-0.4, -0.2) is 41.7 Å². The number of ether oxygens (including phenoxy) is 1. The quantitative estimate of drug-likeness (QED) is 0.922. The Bertz CT molecular complexity index is 407. The Kier molecular flexibility index (Phi) is 4.60. The van der Waals surface area contributed by atoms with Gasteiger partial charge in [-0.1, -0.05) is 15.9 Å². The van der Waals surface area contributed by atoms with E-state index in [1.165, 1.54) is 0 Å². The van der Waals surface area contributed by atoms with Gasteiger partial charge in [0.25, 0.3) is 5.91 Å². The van der Waals surface area contributed by atoms with E-state index >= 15 is 0 Å². The van der Waals surface area contributed by atoms with Crippen molar-refractivity contribution in [1.82, 2.24) is 4.90 Å². The van der Waals surface area contributed by atoms with Crippen molar-refractivity contribution < 1.29 is 14.6 Å². The van der Waals surface area contributed by atoms with Gasteiger partial charge < -0.3 is 14.7 Å². The van der Waals surface area contributed by atoms with Crippen LogP contribution in [0.15, 0.2) is 28.7 Å². The highest BCUT2D eigenvalue weighted by Gasteiger charge is 2.27. The van der Waals surface area contributed by atoms with Gasteiger partial charge >= 0.3 is 0 Å². The summed E-state index contributed by atoms with van der Waals surface area (Å²) in [6.07, 6.45) is 1.83.